The van der Waals surface area contributed by atoms with E-state index < -0.39 is 0 Å². The van der Waals surface area contributed by atoms with Crippen LogP contribution in [0.3, 0.4) is 0 Å². The van der Waals surface area contributed by atoms with Crippen molar-refractivity contribution in [1.82, 2.24) is 5.32 Å². The first-order valence-electron chi connectivity index (χ1n) is 7.57. The Morgan fingerprint density at radius 1 is 1.48 bits per heavy atom. The third-order valence-electron chi connectivity index (χ3n) is 3.92. The fourth-order valence-corrected chi connectivity index (χ4v) is 2.81. The normalized spacial score (nSPS) is 19.0. The van der Waals surface area contributed by atoms with Crippen molar-refractivity contribution in [2.75, 3.05) is 11.4 Å². The molecule has 0 bridgehead atoms. The molecule has 1 amide bonds. The number of nitrogens with one attached hydrogen (secondary N) is 1. The zero-order valence-corrected chi connectivity index (χ0v) is 12.7. The maximum atomic E-state index is 14.2. The van der Waals surface area contributed by atoms with E-state index in [2.05, 4.69) is 5.32 Å². The Hall–Kier alpha value is -1.62. The largest absolute Gasteiger partial charge is 0.368 e. The first-order valence-corrected chi connectivity index (χ1v) is 7.57. The molecule has 0 saturated carbocycles. The molecule has 1 heterocycles. The minimum absolute atomic E-state index is 0.241. The van der Waals surface area contributed by atoms with E-state index in [0.29, 0.717) is 12.1 Å². The summed E-state index contributed by atoms with van der Waals surface area (Å²) in [5, 5.41) is 3.24. The summed E-state index contributed by atoms with van der Waals surface area (Å²) in [5.41, 5.74) is 6.91. The van der Waals surface area contributed by atoms with Gasteiger partial charge in [0.1, 0.15) is 11.9 Å². The molecule has 1 aromatic rings. The van der Waals surface area contributed by atoms with Gasteiger partial charge in [-0.25, -0.2) is 4.39 Å². The average molecular weight is 293 g/mol. The Morgan fingerprint density at radius 3 is 2.90 bits per heavy atom. The highest BCUT2D eigenvalue weighted by atomic mass is 19.1. The number of anilines is 1. The van der Waals surface area contributed by atoms with Gasteiger partial charge in [0, 0.05) is 30.4 Å². The van der Waals surface area contributed by atoms with E-state index in [0.717, 1.165) is 31.5 Å². The summed E-state index contributed by atoms with van der Waals surface area (Å²) in [6.07, 6.45) is 2.72. The Kier molecular flexibility index (Phi) is 5.17. The topological polar surface area (TPSA) is 58.4 Å². The van der Waals surface area contributed by atoms with E-state index in [-0.39, 0.29) is 23.8 Å². The van der Waals surface area contributed by atoms with Crippen LogP contribution in [0.25, 0.3) is 0 Å². The summed E-state index contributed by atoms with van der Waals surface area (Å²) in [6.45, 7) is 5.23. The summed E-state index contributed by atoms with van der Waals surface area (Å²) in [4.78, 5) is 13.6. The third-order valence-corrected chi connectivity index (χ3v) is 3.92. The molecule has 1 atom stereocenters. The summed E-state index contributed by atoms with van der Waals surface area (Å²) in [7, 11) is 0. The molecular weight excluding hydrogens is 269 g/mol. The molecule has 4 nitrogen and oxygen atoms in total. The van der Waals surface area contributed by atoms with Crippen molar-refractivity contribution in [2.24, 2.45) is 5.73 Å². The first-order chi connectivity index (χ1) is 10.0. The van der Waals surface area contributed by atoms with E-state index in [1.807, 2.05) is 24.8 Å². The van der Waals surface area contributed by atoms with Gasteiger partial charge in [0.2, 0.25) is 5.91 Å². The fraction of sp³-hybridized carbons (Fsp3) is 0.562. The quantitative estimate of drug-likeness (QED) is 0.874. The molecular formula is C16H24FN3O. The lowest BCUT2D eigenvalue weighted by molar-refractivity contribution is -0.119. The summed E-state index contributed by atoms with van der Waals surface area (Å²) < 4.78 is 14.2. The standard InChI is InChI=1S/C16H24FN3O/c1-11(2)19-10-12-13(17)6-5-8-14(12)20-9-4-3-7-15(20)16(18)21/h5-6,8,11,15,19H,3-4,7,9-10H2,1-2H3,(H2,18,21). The van der Waals surface area contributed by atoms with Gasteiger partial charge in [0.25, 0.3) is 0 Å². The molecule has 1 unspecified atom stereocenters. The summed E-state index contributed by atoms with van der Waals surface area (Å²) >= 11 is 0. The SMILES string of the molecule is CC(C)NCc1c(F)cccc1N1CCCCC1C(N)=O. The van der Waals surface area contributed by atoms with Gasteiger partial charge in [-0.2, -0.15) is 0 Å². The zero-order valence-electron chi connectivity index (χ0n) is 12.7. The molecule has 3 N–H and O–H groups in total. The fourth-order valence-electron chi connectivity index (χ4n) is 2.81. The van der Waals surface area contributed by atoms with Crippen molar-refractivity contribution in [1.29, 1.82) is 0 Å². The number of primary amides is 1. The molecule has 5 heteroatoms. The van der Waals surface area contributed by atoms with Crippen LogP contribution < -0.4 is 16.0 Å². The maximum Gasteiger partial charge on any atom is 0.240 e. The van der Waals surface area contributed by atoms with Crippen molar-refractivity contribution >= 4 is 11.6 Å². The minimum atomic E-state index is -0.335. The molecule has 1 saturated heterocycles. The van der Waals surface area contributed by atoms with Crippen molar-refractivity contribution < 1.29 is 9.18 Å². The van der Waals surface area contributed by atoms with Gasteiger partial charge < -0.3 is 16.0 Å². The van der Waals surface area contributed by atoms with Gasteiger partial charge in [-0.15, -0.1) is 0 Å². The van der Waals surface area contributed by atoms with Gasteiger partial charge >= 0.3 is 0 Å². The molecule has 1 aromatic carbocycles. The number of hydrogen-bond acceptors (Lipinski definition) is 3. The van der Waals surface area contributed by atoms with E-state index in [1.54, 1.807) is 6.07 Å². The Balaban J connectivity index is 2.32. The molecule has 1 aliphatic heterocycles. The predicted molar refractivity (Wildman–Crippen MR) is 82.6 cm³/mol. The number of rotatable bonds is 5. The number of benzene rings is 1. The van der Waals surface area contributed by atoms with E-state index in [1.165, 1.54) is 6.07 Å². The molecule has 1 aliphatic rings. The molecule has 0 spiro atoms. The molecule has 0 aromatic heterocycles. The summed E-state index contributed by atoms with van der Waals surface area (Å²) in [5.74, 6) is -0.573. The minimum Gasteiger partial charge on any atom is -0.368 e. The smallest absolute Gasteiger partial charge is 0.240 e. The average Bonchev–Trinajstić information content (AvgIpc) is 2.45. The molecule has 1 fully saturated rings. The highest BCUT2D eigenvalue weighted by Crippen LogP contribution is 2.29. The molecule has 0 aliphatic carbocycles. The monoisotopic (exact) mass is 293 g/mol. The van der Waals surface area contributed by atoms with E-state index >= 15 is 0 Å². The third kappa shape index (κ3) is 3.73. The number of carbonyl (C=O) groups excluding carboxylic acids is 1. The zero-order chi connectivity index (χ0) is 15.4. The van der Waals surface area contributed by atoms with E-state index in [9.17, 15) is 9.18 Å². The number of halogens is 1. The highest BCUT2D eigenvalue weighted by Gasteiger charge is 2.29. The van der Waals surface area contributed by atoms with E-state index in [4.69, 9.17) is 5.73 Å². The Bertz CT molecular complexity index is 504. The van der Waals surface area contributed by atoms with Crippen LogP contribution in [-0.4, -0.2) is 24.5 Å². The van der Waals surface area contributed by atoms with Crippen LogP contribution in [0.1, 0.15) is 38.7 Å². The molecule has 21 heavy (non-hydrogen) atoms. The van der Waals surface area contributed by atoms with Gasteiger partial charge in [-0.05, 0) is 31.4 Å². The van der Waals surface area contributed by atoms with Crippen LogP contribution in [0, 0.1) is 5.82 Å². The second-order valence-corrected chi connectivity index (χ2v) is 5.88. The van der Waals surface area contributed by atoms with Crippen molar-refractivity contribution in [3.63, 3.8) is 0 Å². The first kappa shape index (κ1) is 15.8. The van der Waals surface area contributed by atoms with Crippen molar-refractivity contribution in [3.05, 3.63) is 29.6 Å². The van der Waals surface area contributed by atoms with Crippen LogP contribution in [0.2, 0.25) is 0 Å². The number of nitrogens with zero attached hydrogens (tertiary/aromatic N) is 1. The lowest BCUT2D eigenvalue weighted by atomic mass is 9.99. The number of carbonyl (C=O) groups is 1. The van der Waals surface area contributed by atoms with Crippen LogP contribution in [0.4, 0.5) is 10.1 Å². The van der Waals surface area contributed by atoms with Crippen LogP contribution in [-0.2, 0) is 11.3 Å². The lowest BCUT2D eigenvalue weighted by Crippen LogP contribution is -2.48. The number of amides is 1. The molecule has 116 valence electrons. The molecule has 2 rings (SSSR count). The molecule has 0 radical (unpaired) electrons. The Labute approximate surface area is 125 Å². The van der Waals surface area contributed by atoms with Gasteiger partial charge in [0.05, 0.1) is 0 Å². The number of hydrogen-bond donors (Lipinski definition) is 2. The Morgan fingerprint density at radius 2 is 2.24 bits per heavy atom. The second kappa shape index (κ2) is 6.89. The van der Waals surface area contributed by atoms with Crippen LogP contribution in [0.5, 0.6) is 0 Å². The van der Waals surface area contributed by atoms with Crippen molar-refractivity contribution in [3.8, 4) is 0 Å². The number of nitrogens with two attached hydrogens (primary N) is 1. The van der Waals surface area contributed by atoms with Crippen molar-refractivity contribution in [2.45, 2.75) is 51.7 Å². The van der Waals surface area contributed by atoms with Gasteiger partial charge in [-0.3, -0.25) is 4.79 Å². The van der Waals surface area contributed by atoms with Crippen LogP contribution in [0.15, 0.2) is 18.2 Å². The summed E-state index contributed by atoms with van der Waals surface area (Å²) in [6, 6.07) is 4.96. The lowest BCUT2D eigenvalue weighted by Gasteiger charge is -2.37. The predicted octanol–water partition coefficient (Wildman–Crippen LogP) is 2.17. The maximum absolute atomic E-state index is 14.2. The van der Waals surface area contributed by atoms with Crippen LogP contribution >= 0.6 is 0 Å². The van der Waals surface area contributed by atoms with Gasteiger partial charge in [0.15, 0.2) is 0 Å². The highest BCUT2D eigenvalue weighted by molar-refractivity contribution is 5.84. The number of piperidine rings is 1. The second-order valence-electron chi connectivity index (χ2n) is 5.88. The van der Waals surface area contributed by atoms with Gasteiger partial charge in [-0.1, -0.05) is 19.9 Å².